The van der Waals surface area contributed by atoms with E-state index in [1.165, 1.54) is 29.5 Å². The Morgan fingerprint density at radius 3 is 2.50 bits per heavy atom. The largest absolute Gasteiger partial charge is 0.279 e. The summed E-state index contributed by atoms with van der Waals surface area (Å²) in [5.74, 6) is -1.14. The zero-order chi connectivity index (χ0) is 21.3. The first-order valence-corrected chi connectivity index (χ1v) is 9.65. The van der Waals surface area contributed by atoms with Gasteiger partial charge in [-0.05, 0) is 31.2 Å². The smallest absolute Gasteiger partial charge is 0.267 e. The number of hydrazine groups is 1. The minimum absolute atomic E-state index is 0.0661. The third-order valence-electron chi connectivity index (χ3n) is 4.38. The highest BCUT2D eigenvalue weighted by molar-refractivity contribution is 7.20. The van der Waals surface area contributed by atoms with Crippen LogP contribution in [0.1, 0.15) is 25.7 Å². The lowest BCUT2D eigenvalue weighted by molar-refractivity contribution is -0.384. The number of para-hydroxylation sites is 1. The van der Waals surface area contributed by atoms with Crippen molar-refractivity contribution < 1.29 is 14.5 Å². The van der Waals surface area contributed by atoms with Crippen LogP contribution in [0, 0.1) is 17.0 Å². The summed E-state index contributed by atoms with van der Waals surface area (Å²) in [4.78, 5) is 36.2. The van der Waals surface area contributed by atoms with Crippen LogP contribution < -0.4 is 10.9 Å². The van der Waals surface area contributed by atoms with Gasteiger partial charge >= 0.3 is 0 Å². The molecule has 0 aliphatic rings. The summed E-state index contributed by atoms with van der Waals surface area (Å²) in [7, 11) is 0. The van der Waals surface area contributed by atoms with Gasteiger partial charge in [0, 0.05) is 23.1 Å². The number of rotatable bonds is 4. The van der Waals surface area contributed by atoms with Crippen LogP contribution in [0.2, 0.25) is 0 Å². The Kier molecular flexibility index (Phi) is 4.98. The van der Waals surface area contributed by atoms with Gasteiger partial charge in [-0.1, -0.05) is 24.3 Å². The van der Waals surface area contributed by atoms with Gasteiger partial charge in [0.1, 0.15) is 4.83 Å². The second kappa shape index (κ2) is 7.76. The summed E-state index contributed by atoms with van der Waals surface area (Å²) < 4.78 is 1.77. The molecule has 2 aromatic heterocycles. The van der Waals surface area contributed by atoms with Crippen molar-refractivity contribution in [2.45, 2.75) is 6.92 Å². The third-order valence-corrected chi connectivity index (χ3v) is 5.49. The Balaban J connectivity index is 1.52. The van der Waals surface area contributed by atoms with Crippen LogP contribution in [0.15, 0.2) is 60.7 Å². The van der Waals surface area contributed by atoms with Gasteiger partial charge in [0.05, 0.1) is 21.2 Å². The molecule has 0 saturated carbocycles. The topological polar surface area (TPSA) is 119 Å². The molecule has 0 aliphatic heterocycles. The maximum Gasteiger partial charge on any atom is 0.279 e. The van der Waals surface area contributed by atoms with E-state index < -0.39 is 16.7 Å². The molecule has 2 heterocycles. The number of nitrogens with one attached hydrogen (secondary N) is 2. The van der Waals surface area contributed by atoms with E-state index in [0.29, 0.717) is 4.88 Å². The molecule has 0 spiro atoms. The van der Waals surface area contributed by atoms with Crippen LogP contribution in [-0.4, -0.2) is 26.5 Å². The molecule has 2 N–H and O–H groups in total. The first kappa shape index (κ1) is 19.3. The number of amides is 2. The molecule has 10 heteroatoms. The molecule has 0 atom stereocenters. The molecule has 0 aliphatic carbocycles. The highest BCUT2D eigenvalue weighted by Gasteiger charge is 2.18. The number of benzene rings is 2. The van der Waals surface area contributed by atoms with E-state index in [1.807, 2.05) is 37.3 Å². The second-order valence-corrected chi connectivity index (χ2v) is 7.41. The highest BCUT2D eigenvalue weighted by atomic mass is 32.1. The van der Waals surface area contributed by atoms with Crippen LogP contribution in [0.5, 0.6) is 0 Å². The van der Waals surface area contributed by atoms with E-state index in [1.54, 1.807) is 10.7 Å². The number of fused-ring (bicyclic) bond motifs is 1. The molecular weight excluding hydrogens is 406 g/mol. The molecule has 30 heavy (non-hydrogen) atoms. The Labute approximate surface area is 174 Å². The first-order chi connectivity index (χ1) is 14.4. The number of nitro benzene ring substituents is 1. The summed E-state index contributed by atoms with van der Waals surface area (Å²) in [5, 5.41) is 16.2. The van der Waals surface area contributed by atoms with E-state index in [-0.39, 0.29) is 11.3 Å². The van der Waals surface area contributed by atoms with Crippen LogP contribution in [0.4, 0.5) is 5.69 Å². The number of aromatic nitrogens is 2. The van der Waals surface area contributed by atoms with Crippen molar-refractivity contribution in [2.24, 2.45) is 0 Å². The number of thiophene rings is 1. The van der Waals surface area contributed by atoms with Crippen LogP contribution in [0.3, 0.4) is 0 Å². The summed E-state index contributed by atoms with van der Waals surface area (Å²) >= 11 is 1.25. The molecule has 0 unspecified atom stereocenters. The zero-order valence-electron chi connectivity index (χ0n) is 15.7. The summed E-state index contributed by atoms with van der Waals surface area (Å²) in [6.07, 6.45) is 0. The van der Waals surface area contributed by atoms with Crippen LogP contribution in [-0.2, 0) is 0 Å². The number of aryl methyl sites for hydroxylation is 1. The number of carbonyl (C=O) groups excluding carboxylic acids is 2. The number of nitrogens with zero attached hydrogens (tertiary/aromatic N) is 3. The lowest BCUT2D eigenvalue weighted by atomic mass is 10.2. The molecular formula is C20H15N5O4S. The monoisotopic (exact) mass is 421 g/mol. The maximum absolute atomic E-state index is 12.5. The molecule has 0 radical (unpaired) electrons. The normalized spacial score (nSPS) is 10.7. The number of carbonyl (C=O) groups is 2. The quantitative estimate of drug-likeness (QED) is 0.387. The van der Waals surface area contributed by atoms with E-state index in [9.17, 15) is 19.7 Å². The second-order valence-electron chi connectivity index (χ2n) is 6.38. The van der Waals surface area contributed by atoms with E-state index in [4.69, 9.17) is 0 Å². The van der Waals surface area contributed by atoms with Crippen molar-refractivity contribution in [1.82, 2.24) is 20.6 Å². The van der Waals surface area contributed by atoms with Crippen LogP contribution in [0.25, 0.3) is 15.9 Å². The minimum atomic E-state index is -0.653. The Morgan fingerprint density at radius 1 is 1.03 bits per heavy atom. The molecule has 4 aromatic rings. The van der Waals surface area contributed by atoms with Gasteiger partial charge < -0.3 is 0 Å². The fourth-order valence-electron chi connectivity index (χ4n) is 2.91. The Bertz CT molecular complexity index is 1280. The lowest BCUT2D eigenvalue weighted by Gasteiger charge is -2.06. The third kappa shape index (κ3) is 3.63. The average molecular weight is 421 g/mol. The van der Waals surface area contributed by atoms with Crippen LogP contribution >= 0.6 is 11.3 Å². The molecule has 2 aromatic carbocycles. The average Bonchev–Trinajstić information content (AvgIpc) is 3.33. The molecule has 4 rings (SSSR count). The number of hydrogen-bond acceptors (Lipinski definition) is 6. The van der Waals surface area contributed by atoms with Gasteiger partial charge in [0.2, 0.25) is 0 Å². The van der Waals surface area contributed by atoms with Gasteiger partial charge in [-0.2, -0.15) is 5.10 Å². The number of non-ortho nitro benzene ring substituents is 1. The van der Waals surface area contributed by atoms with Crippen molar-refractivity contribution in [2.75, 3.05) is 0 Å². The number of nitro groups is 1. The molecule has 9 nitrogen and oxygen atoms in total. The van der Waals surface area contributed by atoms with Crippen molar-refractivity contribution in [3.8, 4) is 5.69 Å². The molecule has 0 bridgehead atoms. The van der Waals surface area contributed by atoms with E-state index in [2.05, 4.69) is 16.0 Å². The van der Waals surface area contributed by atoms with E-state index >= 15 is 0 Å². The van der Waals surface area contributed by atoms with Gasteiger partial charge in [-0.3, -0.25) is 30.6 Å². The Hall–Kier alpha value is -4.05. The molecule has 2 amide bonds. The molecule has 0 fully saturated rings. The number of hydrogen-bond donors (Lipinski definition) is 2. The zero-order valence-corrected chi connectivity index (χ0v) is 16.5. The fourth-order valence-corrected chi connectivity index (χ4v) is 3.99. The van der Waals surface area contributed by atoms with Crippen molar-refractivity contribution >= 4 is 39.1 Å². The first-order valence-electron chi connectivity index (χ1n) is 8.84. The predicted octanol–water partition coefficient (Wildman–Crippen LogP) is 3.38. The SMILES string of the molecule is Cc1nn(-c2ccccc2)c2sc(C(=O)NNC(=O)c3cccc([N+](=O)[O-])c3)cc12. The maximum atomic E-state index is 12.5. The minimum Gasteiger partial charge on any atom is -0.267 e. The lowest BCUT2D eigenvalue weighted by Crippen LogP contribution is -2.41. The van der Waals surface area contributed by atoms with Crippen molar-refractivity contribution in [3.05, 3.63) is 86.9 Å². The van der Waals surface area contributed by atoms with Gasteiger partial charge in [0.25, 0.3) is 17.5 Å². The van der Waals surface area contributed by atoms with Crippen molar-refractivity contribution in [3.63, 3.8) is 0 Å². The van der Waals surface area contributed by atoms with E-state index in [0.717, 1.165) is 27.7 Å². The summed E-state index contributed by atoms with van der Waals surface area (Å²) in [6.45, 7) is 1.86. The highest BCUT2D eigenvalue weighted by Crippen LogP contribution is 2.30. The molecule has 0 saturated heterocycles. The van der Waals surface area contributed by atoms with Gasteiger partial charge in [-0.25, -0.2) is 4.68 Å². The summed E-state index contributed by atoms with van der Waals surface area (Å²) in [6, 6.07) is 16.5. The fraction of sp³-hybridized carbons (Fsp3) is 0.0500. The standard InChI is InChI=1S/C20H15N5O4S/c1-12-16-11-17(30-20(16)24(23-12)14-7-3-2-4-8-14)19(27)22-21-18(26)13-6-5-9-15(10-13)25(28)29/h2-11H,1H3,(H,21,26)(H,22,27). The van der Waals surface area contributed by atoms with Gasteiger partial charge in [0.15, 0.2) is 0 Å². The Morgan fingerprint density at radius 2 is 1.77 bits per heavy atom. The van der Waals surface area contributed by atoms with Crippen molar-refractivity contribution in [1.29, 1.82) is 0 Å². The molecule has 150 valence electrons. The summed E-state index contributed by atoms with van der Waals surface area (Å²) in [5.41, 5.74) is 6.15. The van der Waals surface area contributed by atoms with Gasteiger partial charge in [-0.15, -0.1) is 11.3 Å². The predicted molar refractivity (Wildman–Crippen MR) is 112 cm³/mol.